The largest absolute Gasteiger partial charge is 0.378 e. The van der Waals surface area contributed by atoms with Crippen molar-refractivity contribution >= 4 is 11.3 Å². The molecule has 2 aromatic rings. The maximum atomic E-state index is 11.1. The first-order chi connectivity index (χ1) is 10.0. The number of aryl methyl sites for hydroxylation is 1. The number of methoxy groups -OCH3 is 2. The highest BCUT2D eigenvalue weighted by atomic mass is 32.1. The Balaban J connectivity index is 2.01. The Bertz CT molecular complexity index is 635. The second-order valence-corrected chi connectivity index (χ2v) is 6.35. The summed E-state index contributed by atoms with van der Waals surface area (Å²) in [6.07, 6.45) is 6.76. The van der Waals surface area contributed by atoms with Crippen molar-refractivity contribution in [3.05, 3.63) is 34.3 Å². The molecule has 21 heavy (non-hydrogen) atoms. The third-order valence-corrected chi connectivity index (χ3v) is 5.49. The van der Waals surface area contributed by atoms with Gasteiger partial charge in [0.1, 0.15) is 5.60 Å². The van der Waals surface area contributed by atoms with Crippen LogP contribution in [-0.2, 0) is 27.4 Å². The Hall–Kier alpha value is -1.28. The van der Waals surface area contributed by atoms with E-state index in [4.69, 9.17) is 9.47 Å². The smallest absolute Gasteiger partial charge is 0.218 e. The third-order valence-electron chi connectivity index (χ3n) is 4.15. The van der Waals surface area contributed by atoms with Gasteiger partial charge in [-0.1, -0.05) is 0 Å². The molecule has 0 bridgehead atoms. The van der Waals surface area contributed by atoms with Gasteiger partial charge in [0.25, 0.3) is 0 Å². The normalized spacial score (nSPS) is 22.3. The monoisotopic (exact) mass is 309 g/mol. The van der Waals surface area contributed by atoms with E-state index in [1.165, 1.54) is 11.3 Å². The number of hydrogen-bond acceptors (Lipinski definition) is 6. The van der Waals surface area contributed by atoms with Crippen molar-refractivity contribution in [2.45, 2.75) is 37.7 Å². The van der Waals surface area contributed by atoms with Crippen molar-refractivity contribution in [1.82, 2.24) is 14.5 Å². The van der Waals surface area contributed by atoms with E-state index >= 15 is 0 Å². The van der Waals surface area contributed by atoms with E-state index in [1.807, 2.05) is 11.5 Å². The van der Waals surface area contributed by atoms with Crippen LogP contribution in [0.2, 0.25) is 0 Å². The van der Waals surface area contributed by atoms with Crippen LogP contribution >= 0.6 is 11.3 Å². The van der Waals surface area contributed by atoms with Crippen LogP contribution in [0.1, 0.15) is 35.3 Å². The molecule has 1 aliphatic heterocycles. The van der Waals surface area contributed by atoms with Crippen molar-refractivity contribution in [3.8, 4) is 0 Å². The number of imidazole rings is 1. The topological polar surface area (TPSA) is 69.4 Å². The van der Waals surface area contributed by atoms with Gasteiger partial charge in [0, 0.05) is 27.0 Å². The molecule has 1 atom stereocenters. The molecule has 6 nitrogen and oxygen atoms in total. The molecule has 0 saturated heterocycles. The summed E-state index contributed by atoms with van der Waals surface area (Å²) in [6, 6.07) is 0. The van der Waals surface area contributed by atoms with Crippen LogP contribution in [0.3, 0.4) is 0 Å². The van der Waals surface area contributed by atoms with Crippen molar-refractivity contribution in [2.24, 2.45) is 0 Å². The molecule has 1 N–H and O–H groups in total. The van der Waals surface area contributed by atoms with E-state index < -0.39 is 11.4 Å². The summed E-state index contributed by atoms with van der Waals surface area (Å²) in [7, 11) is 3.16. The van der Waals surface area contributed by atoms with Crippen LogP contribution in [-0.4, -0.2) is 33.9 Å². The van der Waals surface area contributed by atoms with Gasteiger partial charge in [-0.3, -0.25) is 0 Å². The number of nitrogens with zero attached hydrogens (tertiary/aromatic N) is 3. The Morgan fingerprint density at radius 1 is 1.38 bits per heavy atom. The van der Waals surface area contributed by atoms with Gasteiger partial charge in [-0.15, -0.1) is 11.3 Å². The van der Waals surface area contributed by atoms with Gasteiger partial charge >= 0.3 is 0 Å². The number of ether oxygens (including phenoxy) is 2. The Morgan fingerprint density at radius 2 is 2.14 bits per heavy atom. The zero-order chi connectivity index (χ0) is 15.1. The first kappa shape index (κ1) is 14.6. The Labute approximate surface area is 127 Å². The van der Waals surface area contributed by atoms with Crippen LogP contribution in [0.5, 0.6) is 0 Å². The molecule has 0 aromatic carbocycles. The summed E-state index contributed by atoms with van der Waals surface area (Å²) >= 11 is 1.41. The summed E-state index contributed by atoms with van der Waals surface area (Å²) in [6.45, 7) is 2.70. The first-order valence-corrected chi connectivity index (χ1v) is 7.65. The summed E-state index contributed by atoms with van der Waals surface area (Å²) in [5.74, 6) is -0.895. The molecule has 1 aliphatic rings. The molecule has 0 saturated carbocycles. The molecule has 3 heterocycles. The molecule has 7 heteroatoms. The summed E-state index contributed by atoms with van der Waals surface area (Å²) in [5.41, 5.74) is -0.215. The summed E-state index contributed by atoms with van der Waals surface area (Å²) < 4.78 is 12.8. The standard InChI is InChI=1S/C14H19N3O3S/c1-13(19-2,20-3)12-16-8-11(21-12)14(18)5-4-6-17-9-15-7-10(14)17/h7-9,18H,4-6H2,1-3H3. The van der Waals surface area contributed by atoms with Crippen molar-refractivity contribution in [1.29, 1.82) is 0 Å². The lowest BCUT2D eigenvalue weighted by Gasteiger charge is -2.32. The highest BCUT2D eigenvalue weighted by Crippen LogP contribution is 2.42. The minimum atomic E-state index is -1.03. The Kier molecular flexibility index (Phi) is 3.61. The fourth-order valence-corrected chi connectivity index (χ4v) is 3.81. The van der Waals surface area contributed by atoms with E-state index in [-0.39, 0.29) is 0 Å². The highest BCUT2D eigenvalue weighted by Gasteiger charge is 2.40. The fourth-order valence-electron chi connectivity index (χ4n) is 2.66. The molecule has 1 unspecified atom stereocenters. The number of fused-ring (bicyclic) bond motifs is 1. The second kappa shape index (κ2) is 5.17. The number of rotatable bonds is 4. The number of thiazole rings is 1. The van der Waals surface area contributed by atoms with Crippen LogP contribution in [0, 0.1) is 0 Å². The van der Waals surface area contributed by atoms with Crippen LogP contribution in [0.15, 0.2) is 18.7 Å². The SMILES string of the molecule is COC(C)(OC)c1ncc(C2(O)CCCn3cncc32)s1. The average molecular weight is 309 g/mol. The number of aromatic nitrogens is 3. The van der Waals surface area contributed by atoms with Crippen LogP contribution in [0.4, 0.5) is 0 Å². The Morgan fingerprint density at radius 3 is 2.86 bits per heavy atom. The van der Waals surface area contributed by atoms with Crippen LogP contribution < -0.4 is 0 Å². The average Bonchev–Trinajstić information content (AvgIpc) is 3.16. The van der Waals surface area contributed by atoms with Gasteiger partial charge in [-0.2, -0.15) is 0 Å². The van der Waals surface area contributed by atoms with E-state index in [0.717, 1.165) is 23.5 Å². The quantitative estimate of drug-likeness (QED) is 0.873. The number of aliphatic hydroxyl groups is 1. The van der Waals surface area contributed by atoms with Crippen molar-refractivity contribution < 1.29 is 14.6 Å². The van der Waals surface area contributed by atoms with E-state index in [1.54, 1.807) is 32.9 Å². The maximum Gasteiger partial charge on any atom is 0.218 e. The predicted molar refractivity (Wildman–Crippen MR) is 77.9 cm³/mol. The molecule has 0 fully saturated rings. The predicted octanol–water partition coefficient (Wildman–Crippen LogP) is 1.83. The lowest BCUT2D eigenvalue weighted by molar-refractivity contribution is -0.201. The summed E-state index contributed by atoms with van der Waals surface area (Å²) in [5, 5.41) is 11.8. The molecule has 114 valence electrons. The zero-order valence-corrected chi connectivity index (χ0v) is 13.2. The molecule has 3 rings (SSSR count). The molecular formula is C14H19N3O3S. The highest BCUT2D eigenvalue weighted by molar-refractivity contribution is 7.11. The van der Waals surface area contributed by atoms with Crippen LogP contribution in [0.25, 0.3) is 0 Å². The fraction of sp³-hybridized carbons (Fsp3) is 0.571. The summed E-state index contributed by atoms with van der Waals surface area (Å²) in [4.78, 5) is 9.33. The van der Waals surface area contributed by atoms with Gasteiger partial charge in [0.05, 0.1) is 23.1 Å². The van der Waals surface area contributed by atoms with Crippen molar-refractivity contribution in [2.75, 3.05) is 14.2 Å². The molecule has 0 aliphatic carbocycles. The molecule has 2 aromatic heterocycles. The molecule has 0 radical (unpaired) electrons. The number of hydrogen-bond donors (Lipinski definition) is 1. The molecular weight excluding hydrogens is 290 g/mol. The van der Waals surface area contributed by atoms with E-state index in [2.05, 4.69) is 9.97 Å². The molecule has 0 amide bonds. The van der Waals surface area contributed by atoms with Crippen molar-refractivity contribution in [3.63, 3.8) is 0 Å². The minimum absolute atomic E-state index is 0.664. The van der Waals surface area contributed by atoms with Gasteiger partial charge < -0.3 is 19.1 Å². The first-order valence-electron chi connectivity index (χ1n) is 6.83. The van der Waals surface area contributed by atoms with Gasteiger partial charge in [-0.05, 0) is 19.8 Å². The minimum Gasteiger partial charge on any atom is -0.378 e. The second-order valence-electron chi connectivity index (χ2n) is 5.32. The van der Waals surface area contributed by atoms with E-state index in [0.29, 0.717) is 11.4 Å². The van der Waals surface area contributed by atoms with E-state index in [9.17, 15) is 5.11 Å². The maximum absolute atomic E-state index is 11.1. The van der Waals surface area contributed by atoms with Gasteiger partial charge in [0.15, 0.2) is 5.01 Å². The lowest BCUT2D eigenvalue weighted by atomic mass is 9.90. The van der Waals surface area contributed by atoms with Gasteiger partial charge in [0.2, 0.25) is 5.79 Å². The molecule has 0 spiro atoms. The third kappa shape index (κ3) is 2.20. The zero-order valence-electron chi connectivity index (χ0n) is 12.4. The lowest BCUT2D eigenvalue weighted by Crippen LogP contribution is -2.33. The van der Waals surface area contributed by atoms with Gasteiger partial charge in [-0.25, -0.2) is 9.97 Å².